The van der Waals surface area contributed by atoms with Gasteiger partial charge in [-0.15, -0.1) is 5.10 Å². The molecule has 102 valence electrons. The van der Waals surface area contributed by atoms with Gasteiger partial charge in [-0.05, 0) is 12.8 Å². The summed E-state index contributed by atoms with van der Waals surface area (Å²) in [6.07, 6.45) is 1.33. The van der Waals surface area contributed by atoms with Crippen LogP contribution >= 0.6 is 11.8 Å². The topological polar surface area (TPSA) is 103 Å². The van der Waals surface area contributed by atoms with E-state index in [-0.39, 0.29) is 5.69 Å². The maximum Gasteiger partial charge on any atom is 0.343 e. The number of hydrogen-bond donors (Lipinski definition) is 2. The van der Waals surface area contributed by atoms with Crippen LogP contribution in [-0.4, -0.2) is 39.6 Å². The number of aromatic nitrogens is 3. The molecule has 1 heterocycles. The van der Waals surface area contributed by atoms with E-state index in [2.05, 4.69) is 14.9 Å². The first-order valence-electron chi connectivity index (χ1n) is 5.71. The zero-order valence-corrected chi connectivity index (χ0v) is 11.3. The number of esters is 1. The van der Waals surface area contributed by atoms with E-state index in [1.165, 1.54) is 18.9 Å². The van der Waals surface area contributed by atoms with Crippen molar-refractivity contribution in [1.82, 2.24) is 14.8 Å². The summed E-state index contributed by atoms with van der Waals surface area (Å²) in [6.45, 7) is 2.61. The number of aromatic amines is 1. The van der Waals surface area contributed by atoms with Crippen LogP contribution in [0.2, 0.25) is 0 Å². The molecule has 0 saturated heterocycles. The van der Waals surface area contributed by atoms with Gasteiger partial charge in [-0.1, -0.05) is 18.7 Å². The predicted octanol–water partition coefficient (Wildman–Crippen LogP) is -0.0361. The number of ether oxygens (including phenoxy) is 1. The van der Waals surface area contributed by atoms with Gasteiger partial charge >= 0.3 is 11.7 Å². The van der Waals surface area contributed by atoms with Crippen LogP contribution in [0.1, 0.15) is 19.8 Å². The van der Waals surface area contributed by atoms with Gasteiger partial charge in [0, 0.05) is 12.3 Å². The van der Waals surface area contributed by atoms with Crippen molar-refractivity contribution in [1.29, 1.82) is 0 Å². The largest absolute Gasteiger partial charge is 0.468 e. The van der Waals surface area contributed by atoms with Crippen molar-refractivity contribution in [2.45, 2.75) is 37.5 Å². The molecule has 3 N–H and O–H groups in total. The third-order valence-corrected chi connectivity index (χ3v) is 3.34. The van der Waals surface area contributed by atoms with Crippen molar-refractivity contribution in [3.05, 3.63) is 10.5 Å². The number of carbonyl (C=O) groups excluding carboxylic acids is 1. The van der Waals surface area contributed by atoms with Crippen LogP contribution in [-0.2, 0) is 16.1 Å². The molecule has 0 aliphatic carbocycles. The number of nitrogens with one attached hydrogen (secondary N) is 1. The molecular weight excluding hydrogens is 256 g/mol. The first kappa shape index (κ1) is 14.8. The first-order chi connectivity index (χ1) is 8.60. The van der Waals surface area contributed by atoms with E-state index in [1.54, 1.807) is 4.57 Å². The predicted molar refractivity (Wildman–Crippen MR) is 68.5 cm³/mol. The fourth-order valence-electron chi connectivity index (χ4n) is 1.38. The molecule has 0 amide bonds. The van der Waals surface area contributed by atoms with Crippen LogP contribution in [0.5, 0.6) is 0 Å². The van der Waals surface area contributed by atoms with Crippen LogP contribution in [0, 0.1) is 0 Å². The number of H-pyrrole nitrogens is 1. The molecule has 1 atom stereocenters. The Balaban J connectivity index is 2.49. The quantitative estimate of drug-likeness (QED) is 0.534. The van der Waals surface area contributed by atoms with Gasteiger partial charge in [-0.2, -0.15) is 0 Å². The standard InChI is InChI=1S/C10H18N4O3S/c1-3-5-14-9(16)12-13-10(14)18-6-4-7(11)8(15)17-2/h7H,3-6,11H2,1-2H3,(H,12,16). The molecule has 0 spiro atoms. The van der Waals surface area contributed by atoms with Crippen LogP contribution in [0.15, 0.2) is 9.95 Å². The molecule has 1 aromatic heterocycles. The third kappa shape index (κ3) is 3.88. The molecule has 0 bridgehead atoms. The Labute approximate surface area is 109 Å². The molecule has 1 aromatic rings. The maximum atomic E-state index is 11.4. The Morgan fingerprint density at radius 3 is 3.00 bits per heavy atom. The smallest absolute Gasteiger partial charge is 0.343 e. The lowest BCUT2D eigenvalue weighted by Gasteiger charge is -2.08. The Morgan fingerprint density at radius 2 is 2.39 bits per heavy atom. The van der Waals surface area contributed by atoms with E-state index in [0.29, 0.717) is 23.9 Å². The second-order valence-electron chi connectivity index (χ2n) is 3.73. The van der Waals surface area contributed by atoms with Gasteiger partial charge in [-0.25, -0.2) is 9.89 Å². The van der Waals surface area contributed by atoms with Gasteiger partial charge in [0.15, 0.2) is 5.16 Å². The minimum absolute atomic E-state index is 0.211. The number of nitrogens with two attached hydrogens (primary N) is 1. The molecule has 18 heavy (non-hydrogen) atoms. The zero-order chi connectivity index (χ0) is 13.5. The summed E-state index contributed by atoms with van der Waals surface area (Å²) in [7, 11) is 1.31. The summed E-state index contributed by atoms with van der Waals surface area (Å²) in [5.41, 5.74) is 5.40. The van der Waals surface area contributed by atoms with E-state index in [9.17, 15) is 9.59 Å². The Hall–Kier alpha value is -1.28. The van der Waals surface area contributed by atoms with E-state index < -0.39 is 12.0 Å². The molecule has 1 rings (SSSR count). The van der Waals surface area contributed by atoms with Crippen molar-refractivity contribution in [2.24, 2.45) is 5.73 Å². The van der Waals surface area contributed by atoms with Crippen LogP contribution in [0.4, 0.5) is 0 Å². The summed E-state index contributed by atoms with van der Waals surface area (Å²) >= 11 is 1.40. The Kier molecular flexibility index (Phi) is 5.93. The summed E-state index contributed by atoms with van der Waals surface area (Å²) in [6, 6.07) is -0.632. The normalized spacial score (nSPS) is 12.4. The van der Waals surface area contributed by atoms with Gasteiger partial charge in [0.1, 0.15) is 6.04 Å². The van der Waals surface area contributed by atoms with Gasteiger partial charge in [0.25, 0.3) is 0 Å². The van der Waals surface area contributed by atoms with E-state index in [1.807, 2.05) is 6.92 Å². The highest BCUT2D eigenvalue weighted by molar-refractivity contribution is 7.99. The highest BCUT2D eigenvalue weighted by atomic mass is 32.2. The lowest BCUT2D eigenvalue weighted by molar-refractivity contribution is -0.142. The number of rotatable bonds is 7. The fourth-order valence-corrected chi connectivity index (χ4v) is 2.38. The summed E-state index contributed by atoms with van der Waals surface area (Å²) in [5.74, 6) is 0.174. The van der Waals surface area contributed by atoms with Crippen LogP contribution < -0.4 is 11.4 Å². The number of carbonyl (C=O) groups is 1. The molecule has 0 saturated carbocycles. The number of methoxy groups -OCH3 is 1. The SMILES string of the molecule is CCCn1c(SCCC(N)C(=O)OC)n[nH]c1=O. The Morgan fingerprint density at radius 1 is 1.67 bits per heavy atom. The van der Waals surface area contributed by atoms with E-state index >= 15 is 0 Å². The summed E-state index contributed by atoms with van der Waals surface area (Å²) < 4.78 is 6.11. The third-order valence-electron chi connectivity index (χ3n) is 2.33. The van der Waals surface area contributed by atoms with Crippen molar-refractivity contribution < 1.29 is 9.53 Å². The van der Waals surface area contributed by atoms with Gasteiger partial charge < -0.3 is 10.5 Å². The van der Waals surface area contributed by atoms with Crippen LogP contribution in [0.25, 0.3) is 0 Å². The van der Waals surface area contributed by atoms with Gasteiger partial charge in [0.05, 0.1) is 7.11 Å². The number of hydrogen-bond acceptors (Lipinski definition) is 6. The molecule has 0 aliphatic rings. The molecule has 0 aliphatic heterocycles. The molecule has 7 nitrogen and oxygen atoms in total. The van der Waals surface area contributed by atoms with Crippen molar-refractivity contribution in [2.75, 3.05) is 12.9 Å². The fraction of sp³-hybridized carbons (Fsp3) is 0.700. The lowest BCUT2D eigenvalue weighted by Crippen LogP contribution is -2.32. The summed E-state index contributed by atoms with van der Waals surface area (Å²) in [5, 5.41) is 6.96. The maximum absolute atomic E-state index is 11.4. The molecule has 0 radical (unpaired) electrons. The molecular formula is C10H18N4O3S. The van der Waals surface area contributed by atoms with Gasteiger partial charge in [-0.3, -0.25) is 9.36 Å². The average molecular weight is 274 g/mol. The Bertz CT molecular complexity index is 443. The monoisotopic (exact) mass is 274 g/mol. The lowest BCUT2D eigenvalue weighted by atomic mass is 10.2. The highest BCUT2D eigenvalue weighted by Gasteiger charge is 2.14. The van der Waals surface area contributed by atoms with E-state index in [4.69, 9.17) is 5.73 Å². The minimum atomic E-state index is -0.632. The van der Waals surface area contributed by atoms with Crippen molar-refractivity contribution in [3.8, 4) is 0 Å². The second kappa shape index (κ2) is 7.22. The van der Waals surface area contributed by atoms with Crippen molar-refractivity contribution in [3.63, 3.8) is 0 Å². The highest BCUT2D eigenvalue weighted by Crippen LogP contribution is 2.15. The summed E-state index contributed by atoms with van der Waals surface area (Å²) in [4.78, 5) is 22.5. The molecule has 1 unspecified atom stereocenters. The molecule has 0 fully saturated rings. The number of nitrogens with zero attached hydrogens (tertiary/aromatic N) is 2. The minimum Gasteiger partial charge on any atom is -0.468 e. The van der Waals surface area contributed by atoms with Gasteiger partial charge in [0.2, 0.25) is 0 Å². The molecule has 0 aromatic carbocycles. The first-order valence-corrected chi connectivity index (χ1v) is 6.70. The zero-order valence-electron chi connectivity index (χ0n) is 10.5. The van der Waals surface area contributed by atoms with E-state index in [0.717, 1.165) is 6.42 Å². The number of thioether (sulfide) groups is 1. The average Bonchev–Trinajstić information content (AvgIpc) is 2.71. The second-order valence-corrected chi connectivity index (χ2v) is 4.79. The molecule has 8 heteroatoms. The van der Waals surface area contributed by atoms with Crippen molar-refractivity contribution >= 4 is 17.7 Å². The van der Waals surface area contributed by atoms with Crippen LogP contribution in [0.3, 0.4) is 0 Å².